The van der Waals surface area contributed by atoms with Gasteiger partial charge in [-0.25, -0.2) is 0 Å². The van der Waals surface area contributed by atoms with Gasteiger partial charge in [-0.15, -0.1) is 0 Å². The smallest absolute Gasteiger partial charge is 0.242 e. The summed E-state index contributed by atoms with van der Waals surface area (Å²) in [6.45, 7) is 1.15. The third kappa shape index (κ3) is 5.96. The van der Waals surface area contributed by atoms with Crippen molar-refractivity contribution >= 4 is 58.0 Å². The summed E-state index contributed by atoms with van der Waals surface area (Å²) in [5, 5.41) is 0.710. The van der Waals surface area contributed by atoms with Crippen molar-refractivity contribution in [3.05, 3.63) is 129 Å². The molecule has 10 heteroatoms. The second-order valence-corrected chi connectivity index (χ2v) is 11.3. The van der Waals surface area contributed by atoms with E-state index in [2.05, 4.69) is 0 Å². The lowest BCUT2D eigenvalue weighted by Crippen LogP contribution is -2.37. The quantitative estimate of drug-likeness (QED) is 0.250. The first-order valence-electron chi connectivity index (χ1n) is 13.6. The number of amides is 2. The van der Waals surface area contributed by atoms with Crippen molar-refractivity contribution in [3.8, 4) is 0 Å². The lowest BCUT2D eigenvalue weighted by molar-refractivity contribution is -0.117. The maximum atomic E-state index is 13.3. The van der Waals surface area contributed by atoms with E-state index in [9.17, 15) is 19.2 Å². The second kappa shape index (κ2) is 12.1. The molecule has 0 aliphatic carbocycles. The van der Waals surface area contributed by atoms with Gasteiger partial charge in [0.05, 0.1) is 43.8 Å². The zero-order valence-corrected chi connectivity index (χ0v) is 24.5. The molecule has 2 aliphatic rings. The van der Waals surface area contributed by atoms with Gasteiger partial charge >= 0.3 is 0 Å². The zero-order chi connectivity index (χ0) is 30.1. The van der Waals surface area contributed by atoms with E-state index >= 15 is 0 Å². The van der Waals surface area contributed by atoms with E-state index < -0.39 is 0 Å². The summed E-state index contributed by atoms with van der Waals surface area (Å²) in [5.74, 6) is -0.734. The SMILES string of the molecule is O=C(c1ccccc1)c1cc(N2CN(CN3CC(=O)N(c4ccc(Cl)cc4C(=O)c4ccccc4)C3)CC2=O)ccc1Cl. The standard InChI is InChI=1S/C33H26Cl2N4O4/c34-24-11-14-29(27(15-24)33(43)23-9-5-2-6-10-23)39-21-37(18-31(39)41)19-36-17-30(40)38(20-36)25-12-13-28(35)26(16-25)32(42)22-7-3-1-4-8-22/h1-16H,17-21H2. The lowest BCUT2D eigenvalue weighted by atomic mass is 10.0. The van der Waals surface area contributed by atoms with Crippen LogP contribution in [-0.2, 0) is 9.59 Å². The van der Waals surface area contributed by atoms with Crippen LogP contribution < -0.4 is 9.80 Å². The van der Waals surface area contributed by atoms with Gasteiger partial charge in [0, 0.05) is 33.0 Å². The van der Waals surface area contributed by atoms with Crippen LogP contribution in [0.3, 0.4) is 0 Å². The first-order valence-corrected chi connectivity index (χ1v) is 14.4. The molecule has 2 fully saturated rings. The summed E-state index contributed by atoms with van der Waals surface area (Å²) in [6, 6.07) is 27.6. The molecule has 216 valence electrons. The van der Waals surface area contributed by atoms with E-state index in [-0.39, 0.29) is 49.8 Å². The maximum Gasteiger partial charge on any atom is 0.242 e. The second-order valence-electron chi connectivity index (χ2n) is 10.4. The molecule has 4 aromatic carbocycles. The molecule has 2 heterocycles. The number of halogens is 2. The van der Waals surface area contributed by atoms with Gasteiger partial charge < -0.3 is 0 Å². The molecule has 0 aromatic heterocycles. The minimum Gasteiger partial charge on any atom is -0.298 e. The molecule has 0 atom stereocenters. The summed E-state index contributed by atoms with van der Waals surface area (Å²) >= 11 is 12.6. The molecule has 2 amide bonds. The Morgan fingerprint density at radius 3 is 1.81 bits per heavy atom. The van der Waals surface area contributed by atoms with E-state index in [0.29, 0.717) is 50.3 Å². The molecule has 0 unspecified atom stereocenters. The summed E-state index contributed by atoms with van der Waals surface area (Å²) in [7, 11) is 0. The molecule has 4 aromatic rings. The molecule has 6 rings (SSSR count). The van der Waals surface area contributed by atoms with Crippen LogP contribution in [0.2, 0.25) is 10.0 Å². The number of benzene rings is 4. The highest BCUT2D eigenvalue weighted by atomic mass is 35.5. The predicted octanol–water partition coefficient (Wildman–Crippen LogP) is 5.33. The fraction of sp³-hybridized carbons (Fsp3) is 0.152. The van der Waals surface area contributed by atoms with Crippen LogP contribution in [0.25, 0.3) is 0 Å². The van der Waals surface area contributed by atoms with E-state index in [1.807, 2.05) is 21.9 Å². The van der Waals surface area contributed by atoms with Crippen LogP contribution in [0.15, 0.2) is 97.1 Å². The van der Waals surface area contributed by atoms with Gasteiger partial charge in [-0.05, 0) is 36.4 Å². The van der Waals surface area contributed by atoms with Crippen LogP contribution in [0.5, 0.6) is 0 Å². The third-order valence-electron chi connectivity index (χ3n) is 7.47. The monoisotopic (exact) mass is 612 g/mol. The number of nitrogens with zero attached hydrogens (tertiary/aromatic N) is 4. The summed E-state index contributed by atoms with van der Waals surface area (Å²) in [5.41, 5.74) is 2.73. The molecule has 0 spiro atoms. The fourth-order valence-electron chi connectivity index (χ4n) is 5.39. The Balaban J connectivity index is 1.16. The van der Waals surface area contributed by atoms with Crippen LogP contribution in [0, 0.1) is 0 Å². The molecule has 2 saturated heterocycles. The number of rotatable bonds is 8. The summed E-state index contributed by atoms with van der Waals surface area (Å²) in [6.07, 6.45) is 0. The number of ketones is 2. The Morgan fingerprint density at radius 1 is 0.628 bits per heavy atom. The molecule has 0 bridgehead atoms. The number of anilines is 2. The van der Waals surface area contributed by atoms with Crippen LogP contribution in [0.1, 0.15) is 31.8 Å². The van der Waals surface area contributed by atoms with Crippen molar-refractivity contribution in [3.63, 3.8) is 0 Å². The van der Waals surface area contributed by atoms with Gasteiger partial charge in [-0.1, -0.05) is 83.9 Å². The van der Waals surface area contributed by atoms with Crippen molar-refractivity contribution in [2.75, 3.05) is 42.9 Å². The predicted molar refractivity (Wildman–Crippen MR) is 166 cm³/mol. The number of hydrogen-bond donors (Lipinski definition) is 0. The number of carbonyl (C=O) groups excluding carboxylic acids is 4. The molecule has 8 nitrogen and oxygen atoms in total. The minimum absolute atomic E-state index is 0.128. The van der Waals surface area contributed by atoms with Gasteiger partial charge in [0.25, 0.3) is 0 Å². The molecule has 43 heavy (non-hydrogen) atoms. The van der Waals surface area contributed by atoms with E-state index in [4.69, 9.17) is 23.2 Å². The van der Waals surface area contributed by atoms with Crippen LogP contribution in [0.4, 0.5) is 11.4 Å². The van der Waals surface area contributed by atoms with E-state index in [0.717, 1.165) is 0 Å². The Kier molecular flexibility index (Phi) is 8.10. The molecule has 0 N–H and O–H groups in total. The van der Waals surface area contributed by atoms with Crippen LogP contribution in [-0.4, -0.2) is 66.3 Å². The third-order valence-corrected chi connectivity index (χ3v) is 8.04. The average Bonchev–Trinajstić information content (AvgIpc) is 3.58. The first kappa shape index (κ1) is 28.8. The van der Waals surface area contributed by atoms with Gasteiger partial charge in [-0.3, -0.25) is 38.8 Å². The molecular weight excluding hydrogens is 587 g/mol. The first-order chi connectivity index (χ1) is 20.8. The number of carbonyl (C=O) groups is 4. The van der Waals surface area contributed by atoms with Gasteiger partial charge in [0.1, 0.15) is 0 Å². The van der Waals surface area contributed by atoms with Crippen LogP contribution >= 0.6 is 23.2 Å². The molecule has 0 radical (unpaired) electrons. The molecule has 0 saturated carbocycles. The zero-order valence-electron chi connectivity index (χ0n) is 23.0. The van der Waals surface area contributed by atoms with Gasteiger partial charge in [0.15, 0.2) is 11.6 Å². The Hall–Kier alpha value is -4.34. The molecule has 2 aliphatic heterocycles. The Morgan fingerprint density at radius 2 is 1.19 bits per heavy atom. The highest BCUT2D eigenvalue weighted by Gasteiger charge is 2.35. The molecular formula is C33H26Cl2N4O4. The lowest BCUT2D eigenvalue weighted by Gasteiger charge is -2.24. The highest BCUT2D eigenvalue weighted by molar-refractivity contribution is 6.35. The van der Waals surface area contributed by atoms with Crippen molar-refractivity contribution < 1.29 is 19.2 Å². The topological polar surface area (TPSA) is 81.2 Å². The van der Waals surface area contributed by atoms with E-state index in [1.54, 1.807) is 94.7 Å². The summed E-state index contributed by atoms with van der Waals surface area (Å²) in [4.78, 5) is 59.6. The van der Waals surface area contributed by atoms with Crippen molar-refractivity contribution in [1.82, 2.24) is 9.80 Å². The van der Waals surface area contributed by atoms with Crippen molar-refractivity contribution in [1.29, 1.82) is 0 Å². The van der Waals surface area contributed by atoms with Gasteiger partial charge in [0.2, 0.25) is 11.8 Å². The Labute approximate surface area is 258 Å². The largest absolute Gasteiger partial charge is 0.298 e. The van der Waals surface area contributed by atoms with Crippen molar-refractivity contribution in [2.45, 2.75) is 0 Å². The average molecular weight is 614 g/mol. The van der Waals surface area contributed by atoms with E-state index in [1.165, 1.54) is 0 Å². The van der Waals surface area contributed by atoms with Crippen molar-refractivity contribution in [2.24, 2.45) is 0 Å². The fourth-order valence-corrected chi connectivity index (χ4v) is 5.77. The summed E-state index contributed by atoms with van der Waals surface area (Å²) < 4.78 is 0. The van der Waals surface area contributed by atoms with Gasteiger partial charge in [-0.2, -0.15) is 0 Å². The normalized spacial score (nSPS) is 15.9. The maximum absolute atomic E-state index is 13.3. The minimum atomic E-state index is -0.224. The highest BCUT2D eigenvalue weighted by Crippen LogP contribution is 2.31. The Bertz CT molecular complexity index is 1730. The number of hydrogen-bond acceptors (Lipinski definition) is 6.